The molecule has 4 aromatic carbocycles. The van der Waals surface area contributed by atoms with Gasteiger partial charge in [-0.05, 0) is 169 Å². The summed E-state index contributed by atoms with van der Waals surface area (Å²) in [5.74, 6) is -0.343. The van der Waals surface area contributed by atoms with Crippen LogP contribution in [0.5, 0.6) is 0 Å². The molecule has 0 bridgehead atoms. The molecule has 90 heavy (non-hydrogen) atoms. The predicted octanol–water partition coefficient (Wildman–Crippen LogP) is 11.6. The van der Waals surface area contributed by atoms with Crippen LogP contribution in [0.4, 0.5) is 0 Å². The molecule has 16 heteroatoms. The SMILES string of the molecule is CC(C)c1ccc2c(c1)CC[C@H]1[C@](C)(CNCCNC[C@]3(C)CCC[C@]4(C)c5ccc(C(C)C)cc5CC[C@@H]34)CCC[C@]21C.CC1(C)S[C@@H]2[C@H](NC(=O)Cc3ccccc3)C(=O)N2[C@H]1C(=O)O.CC1(C)S[C@@H]2[C@H](NC(=O)Cc3ccccc3)C(=O)N2[C@H]1C(=O)O. The molecule has 12 atom stereocenters. The van der Waals surface area contributed by atoms with E-state index in [0.717, 1.165) is 49.1 Å². The summed E-state index contributed by atoms with van der Waals surface area (Å²) < 4.78 is -1.16. The van der Waals surface area contributed by atoms with Crippen molar-refractivity contribution in [2.75, 3.05) is 26.2 Å². The second-order valence-electron chi connectivity index (χ2n) is 30.1. The van der Waals surface area contributed by atoms with Crippen LogP contribution in [-0.2, 0) is 65.3 Å². The molecule has 14 nitrogen and oxygen atoms in total. The number of thioether (sulfide) groups is 2. The molecular weight excluding hydrogens is 1160 g/mol. The van der Waals surface area contributed by atoms with Gasteiger partial charge in [0.2, 0.25) is 23.6 Å². The maximum Gasteiger partial charge on any atom is 0.327 e. The molecule has 6 N–H and O–H groups in total. The highest BCUT2D eigenvalue weighted by Crippen LogP contribution is 2.59. The quantitative estimate of drug-likeness (QED) is 0.0433. The molecule has 486 valence electrons. The highest BCUT2D eigenvalue weighted by molar-refractivity contribution is 8.02. The van der Waals surface area contributed by atoms with E-state index >= 15 is 0 Å². The Morgan fingerprint density at radius 3 is 1.24 bits per heavy atom. The minimum Gasteiger partial charge on any atom is -0.480 e. The Hall–Kier alpha value is -5.68. The second kappa shape index (κ2) is 26.4. The minimum atomic E-state index is -1.01. The highest BCUT2D eigenvalue weighted by atomic mass is 32.2. The lowest BCUT2D eigenvalue weighted by molar-refractivity contribution is -0.161. The second-order valence-corrected chi connectivity index (χ2v) is 33.7. The number of carbonyl (C=O) groups excluding carboxylic acids is 4. The van der Waals surface area contributed by atoms with E-state index in [1.807, 2.05) is 88.4 Å². The molecule has 6 fully saturated rings. The van der Waals surface area contributed by atoms with Crippen LogP contribution in [0.2, 0.25) is 0 Å². The Morgan fingerprint density at radius 2 is 0.900 bits per heavy atom. The molecule has 4 amide bonds. The number of carboxylic acids is 2. The van der Waals surface area contributed by atoms with Crippen molar-refractivity contribution in [2.45, 2.75) is 227 Å². The van der Waals surface area contributed by atoms with Crippen LogP contribution in [0.1, 0.15) is 191 Å². The van der Waals surface area contributed by atoms with Crippen molar-refractivity contribution in [1.29, 1.82) is 0 Å². The number of rotatable bonds is 17. The zero-order valence-electron chi connectivity index (χ0n) is 55.4. The van der Waals surface area contributed by atoms with Crippen LogP contribution in [0.15, 0.2) is 97.1 Å². The van der Waals surface area contributed by atoms with Gasteiger partial charge in [-0.2, -0.15) is 0 Å². The minimum absolute atomic E-state index is 0.202. The van der Waals surface area contributed by atoms with Crippen molar-refractivity contribution in [3.05, 3.63) is 142 Å². The summed E-state index contributed by atoms with van der Waals surface area (Å²) in [4.78, 5) is 74.4. The van der Waals surface area contributed by atoms with Crippen molar-refractivity contribution in [1.82, 2.24) is 31.1 Å². The summed E-state index contributed by atoms with van der Waals surface area (Å²) in [6.45, 7) is 31.5. The molecule has 4 aliphatic carbocycles. The van der Waals surface area contributed by atoms with Crippen molar-refractivity contribution in [3.8, 4) is 0 Å². The summed E-state index contributed by atoms with van der Waals surface area (Å²) >= 11 is 2.85. The van der Waals surface area contributed by atoms with E-state index in [0.29, 0.717) is 33.5 Å². The number of hydrogen-bond acceptors (Lipinski definition) is 10. The maximum atomic E-state index is 12.3. The molecule has 4 aliphatic heterocycles. The van der Waals surface area contributed by atoms with Gasteiger partial charge in [-0.15, -0.1) is 23.5 Å². The molecule has 0 aromatic heterocycles. The van der Waals surface area contributed by atoms with Crippen LogP contribution in [0.3, 0.4) is 0 Å². The third-order valence-corrected chi connectivity index (χ3v) is 25.4. The molecule has 0 unspecified atom stereocenters. The van der Waals surface area contributed by atoms with Gasteiger partial charge < -0.3 is 41.3 Å². The number of nitrogens with one attached hydrogen (secondary N) is 4. The van der Waals surface area contributed by atoms with E-state index in [1.165, 1.54) is 109 Å². The molecule has 4 saturated heterocycles. The molecule has 2 saturated carbocycles. The van der Waals surface area contributed by atoms with Crippen molar-refractivity contribution < 1.29 is 39.0 Å². The van der Waals surface area contributed by atoms with Crippen LogP contribution in [0.25, 0.3) is 0 Å². The van der Waals surface area contributed by atoms with Gasteiger partial charge in [-0.3, -0.25) is 19.2 Å². The van der Waals surface area contributed by atoms with Gasteiger partial charge >= 0.3 is 11.9 Å². The third kappa shape index (κ3) is 13.2. The fourth-order valence-electron chi connectivity index (χ4n) is 17.7. The Bertz CT molecular complexity index is 3110. The summed E-state index contributed by atoms with van der Waals surface area (Å²) in [6.07, 6.45) is 13.8. The Labute approximate surface area is 543 Å². The monoisotopic (exact) mass is 1260 g/mol. The smallest absolute Gasteiger partial charge is 0.327 e. The Balaban J connectivity index is 0.000000163. The zero-order chi connectivity index (χ0) is 64.9. The van der Waals surface area contributed by atoms with Crippen molar-refractivity contribution in [2.24, 2.45) is 22.7 Å². The topological polar surface area (TPSA) is 197 Å². The van der Waals surface area contributed by atoms with E-state index in [1.54, 1.807) is 22.3 Å². The molecule has 0 radical (unpaired) electrons. The maximum absolute atomic E-state index is 12.3. The van der Waals surface area contributed by atoms with E-state index in [2.05, 4.69) is 113 Å². The van der Waals surface area contributed by atoms with Crippen LogP contribution < -0.4 is 21.3 Å². The van der Waals surface area contributed by atoms with Crippen molar-refractivity contribution in [3.63, 3.8) is 0 Å². The largest absolute Gasteiger partial charge is 0.480 e. The average Bonchev–Trinajstić information content (AvgIpc) is 1.46. The van der Waals surface area contributed by atoms with E-state index < -0.39 is 45.6 Å². The Morgan fingerprint density at radius 1 is 0.533 bits per heavy atom. The van der Waals surface area contributed by atoms with Gasteiger partial charge in [0.1, 0.15) is 34.9 Å². The number of fused-ring (bicyclic) bond motifs is 8. The first-order chi connectivity index (χ1) is 42.5. The van der Waals surface area contributed by atoms with Crippen molar-refractivity contribution >= 4 is 59.1 Å². The number of amides is 4. The Kier molecular flexibility index (Phi) is 19.7. The fourth-order valence-corrected chi connectivity index (χ4v) is 20.9. The number of aryl methyl sites for hydroxylation is 2. The van der Waals surface area contributed by atoms with Crippen LogP contribution in [-0.4, -0.2) is 126 Å². The summed E-state index contributed by atoms with van der Waals surface area (Å²) in [5, 5.41) is 31.5. The molecule has 8 aliphatic rings. The third-order valence-electron chi connectivity index (χ3n) is 22.3. The van der Waals surface area contributed by atoms with Gasteiger partial charge in [0.05, 0.1) is 12.8 Å². The first-order valence-corrected chi connectivity index (χ1v) is 35.1. The summed E-state index contributed by atoms with van der Waals surface area (Å²) in [6, 6.07) is 30.5. The first kappa shape index (κ1) is 67.2. The number of benzene rings is 4. The molecular formula is C74H100N6O8S2. The lowest BCUT2D eigenvalue weighted by Gasteiger charge is -2.56. The molecule has 12 rings (SSSR count). The summed E-state index contributed by atoms with van der Waals surface area (Å²) in [5.41, 5.74) is 12.8. The molecule has 4 aromatic rings. The van der Waals surface area contributed by atoms with E-state index in [9.17, 15) is 39.0 Å². The van der Waals surface area contributed by atoms with E-state index in [-0.39, 0.29) is 47.2 Å². The lowest BCUT2D eigenvalue weighted by atomic mass is 9.49. The van der Waals surface area contributed by atoms with Gasteiger partial charge in [0.25, 0.3) is 0 Å². The summed E-state index contributed by atoms with van der Waals surface area (Å²) in [7, 11) is 0. The van der Waals surface area contributed by atoms with Gasteiger partial charge in [0, 0.05) is 35.7 Å². The number of hydrogen-bond donors (Lipinski definition) is 6. The fraction of sp³-hybridized carbons (Fsp3) is 0.595. The van der Waals surface area contributed by atoms with Crippen LogP contribution in [0, 0.1) is 22.7 Å². The first-order valence-electron chi connectivity index (χ1n) is 33.3. The average molecular weight is 1270 g/mol. The van der Waals surface area contributed by atoms with Crippen LogP contribution >= 0.6 is 23.5 Å². The predicted molar refractivity (Wildman–Crippen MR) is 361 cm³/mol. The number of β-lactam (4-membered cyclic amide) rings is 2. The van der Waals surface area contributed by atoms with Gasteiger partial charge in [-0.1, -0.05) is 165 Å². The molecule has 4 heterocycles. The standard InChI is InChI=1S/C42H64N2.2C16H18N2O4S/c1-29(2)31-11-15-35-33(25-31)13-17-37-39(5,19-9-21-41(35,37)7)27-43-23-24-44-28-40(6)20-10-22-42(8)36-16-12-32(30(3)4)26-34(36)14-18-38(40)42;2*1-16(2)12(15(21)22)18-13(20)11(14(18)23-16)17-10(19)8-9-6-4-3-5-7-9/h11-12,15-16,25-26,29-30,37-38,43-44H,9-10,13-14,17-24,27-28H2,1-8H3;2*3-7,11-12,14H,8H2,1-2H3,(H,17,19)(H,21,22)/t37-,38-,39-,40-,41+,42+;2*11-,12+,14-/m011/s1. The normalized spacial score (nSPS) is 31.3. The molecule has 0 spiro atoms. The zero-order valence-corrected chi connectivity index (χ0v) is 57.0. The van der Waals surface area contributed by atoms with Gasteiger partial charge in [-0.25, -0.2) is 9.59 Å². The number of nitrogens with zero attached hydrogens (tertiary/aromatic N) is 2. The van der Waals surface area contributed by atoms with Gasteiger partial charge in [0.15, 0.2) is 0 Å². The lowest BCUT2D eigenvalue weighted by Crippen LogP contribution is -2.70. The number of carboxylic acid groups (broad SMARTS) is 2. The number of aliphatic carboxylic acids is 2. The van der Waals surface area contributed by atoms with E-state index in [4.69, 9.17) is 0 Å². The highest BCUT2D eigenvalue weighted by Gasteiger charge is 2.65. The number of carbonyl (C=O) groups is 6.